The molecule has 0 fully saturated rings. The van der Waals surface area contributed by atoms with E-state index in [0.717, 1.165) is 26.3 Å². The molecule has 0 aliphatic carbocycles. The van der Waals surface area contributed by atoms with Gasteiger partial charge >= 0.3 is 5.97 Å². The van der Waals surface area contributed by atoms with Gasteiger partial charge in [0.15, 0.2) is 0 Å². The summed E-state index contributed by atoms with van der Waals surface area (Å²) in [6.07, 6.45) is 0. The molecule has 4 heteroatoms. The predicted molar refractivity (Wildman–Crippen MR) is 102 cm³/mol. The first-order chi connectivity index (χ1) is 12.2. The lowest BCUT2D eigenvalue weighted by Crippen LogP contribution is -2.31. The van der Waals surface area contributed by atoms with E-state index in [2.05, 4.69) is 20.5 Å². The van der Waals surface area contributed by atoms with E-state index in [1.165, 1.54) is 0 Å². The maximum Gasteiger partial charge on any atom is 0.345 e. The molecule has 0 saturated heterocycles. The Morgan fingerprint density at radius 1 is 0.840 bits per heavy atom. The minimum atomic E-state index is -0.361. The second-order valence-corrected chi connectivity index (χ2v) is 6.64. The Labute approximate surface area is 153 Å². The summed E-state index contributed by atoms with van der Waals surface area (Å²) in [5, 5.41) is 1.75. The SMILES string of the molecule is C[n+]1c2ccccc2c(C(=O)Oc2ccccc2Br)c2ccccc21. The Bertz CT molecular complexity index is 1060. The number of fused-ring (bicyclic) bond motifs is 2. The molecule has 122 valence electrons. The molecule has 0 aliphatic heterocycles. The van der Waals surface area contributed by atoms with E-state index in [1.54, 1.807) is 6.07 Å². The fourth-order valence-electron chi connectivity index (χ4n) is 3.13. The van der Waals surface area contributed by atoms with Crippen LogP contribution in [-0.4, -0.2) is 5.97 Å². The molecule has 0 amide bonds. The summed E-state index contributed by atoms with van der Waals surface area (Å²) < 4.78 is 8.54. The Morgan fingerprint density at radius 2 is 1.36 bits per heavy atom. The van der Waals surface area contributed by atoms with E-state index in [9.17, 15) is 4.79 Å². The zero-order chi connectivity index (χ0) is 17.4. The second-order valence-electron chi connectivity index (χ2n) is 5.79. The molecule has 0 unspecified atom stereocenters. The quantitative estimate of drug-likeness (QED) is 0.212. The third-order valence-electron chi connectivity index (χ3n) is 4.31. The highest BCUT2D eigenvalue weighted by molar-refractivity contribution is 9.10. The van der Waals surface area contributed by atoms with Gasteiger partial charge in [-0.1, -0.05) is 36.4 Å². The molecular weight excluding hydrogens is 378 g/mol. The number of halogens is 1. The third kappa shape index (κ3) is 2.68. The summed E-state index contributed by atoms with van der Waals surface area (Å²) in [7, 11) is 2.01. The molecule has 0 N–H and O–H groups in total. The standard InChI is InChI=1S/C21H15BrNO2/c1-23-17-11-5-2-8-14(17)20(15-9-3-6-12-18(15)23)21(24)25-19-13-7-4-10-16(19)22/h2-13H,1H3/q+1. The molecule has 0 spiro atoms. The molecule has 25 heavy (non-hydrogen) atoms. The predicted octanol–water partition coefficient (Wildman–Crippen LogP) is 4.80. The van der Waals surface area contributed by atoms with Gasteiger partial charge in [-0.2, -0.15) is 4.57 Å². The lowest BCUT2D eigenvalue weighted by Gasteiger charge is -2.10. The lowest BCUT2D eigenvalue weighted by molar-refractivity contribution is -0.617. The van der Waals surface area contributed by atoms with Crippen LogP contribution in [0.3, 0.4) is 0 Å². The van der Waals surface area contributed by atoms with Gasteiger partial charge in [-0.05, 0) is 40.2 Å². The van der Waals surface area contributed by atoms with Crippen LogP contribution in [0.5, 0.6) is 5.75 Å². The van der Waals surface area contributed by atoms with Crippen LogP contribution in [0.1, 0.15) is 10.4 Å². The van der Waals surface area contributed by atoms with Gasteiger partial charge in [-0.15, -0.1) is 0 Å². The number of ether oxygens (including phenoxy) is 1. The number of nitrogens with zero attached hydrogens (tertiary/aromatic N) is 1. The van der Waals surface area contributed by atoms with Gasteiger partial charge < -0.3 is 4.74 Å². The molecular formula is C21H15BrNO2+. The number of rotatable bonds is 2. The number of para-hydroxylation sites is 3. The largest absolute Gasteiger partial charge is 0.422 e. The number of aryl methyl sites for hydroxylation is 1. The minimum Gasteiger partial charge on any atom is -0.422 e. The third-order valence-corrected chi connectivity index (χ3v) is 4.97. The van der Waals surface area contributed by atoms with E-state index >= 15 is 0 Å². The molecule has 4 aromatic rings. The molecule has 3 nitrogen and oxygen atoms in total. The van der Waals surface area contributed by atoms with Crippen LogP contribution in [0.2, 0.25) is 0 Å². The first kappa shape index (κ1) is 15.8. The number of carbonyl (C=O) groups excluding carboxylic acids is 1. The van der Waals surface area contributed by atoms with Crippen LogP contribution >= 0.6 is 15.9 Å². The Balaban J connectivity index is 1.97. The van der Waals surface area contributed by atoms with Crippen molar-refractivity contribution >= 4 is 43.7 Å². The monoisotopic (exact) mass is 392 g/mol. The van der Waals surface area contributed by atoms with Crippen molar-refractivity contribution in [3.8, 4) is 5.75 Å². The van der Waals surface area contributed by atoms with Gasteiger partial charge in [0, 0.05) is 12.1 Å². The van der Waals surface area contributed by atoms with Crippen LogP contribution in [0, 0.1) is 0 Å². The number of pyridine rings is 1. The number of carbonyl (C=O) groups is 1. The van der Waals surface area contributed by atoms with Crippen LogP contribution < -0.4 is 9.30 Å². The van der Waals surface area contributed by atoms with Gasteiger partial charge in [0.25, 0.3) is 0 Å². The molecule has 1 heterocycles. The minimum absolute atomic E-state index is 0.361. The van der Waals surface area contributed by atoms with Crippen molar-refractivity contribution in [2.45, 2.75) is 0 Å². The van der Waals surface area contributed by atoms with E-state index in [4.69, 9.17) is 4.74 Å². The molecule has 0 saturated carbocycles. The Kier molecular flexibility index (Phi) is 3.98. The number of hydrogen-bond acceptors (Lipinski definition) is 2. The molecule has 0 bridgehead atoms. The summed E-state index contributed by atoms with van der Waals surface area (Å²) in [6.45, 7) is 0. The smallest absolute Gasteiger partial charge is 0.345 e. The van der Waals surface area contributed by atoms with Crippen molar-refractivity contribution in [1.29, 1.82) is 0 Å². The molecule has 0 aliphatic rings. The van der Waals surface area contributed by atoms with E-state index in [0.29, 0.717) is 11.3 Å². The van der Waals surface area contributed by atoms with Crippen molar-refractivity contribution in [3.63, 3.8) is 0 Å². The summed E-state index contributed by atoms with van der Waals surface area (Å²) in [5.41, 5.74) is 2.56. The second kappa shape index (κ2) is 6.30. The van der Waals surface area contributed by atoms with E-state index in [-0.39, 0.29) is 5.97 Å². The molecule has 0 radical (unpaired) electrons. The molecule has 1 aromatic heterocycles. The highest BCUT2D eigenvalue weighted by Gasteiger charge is 2.23. The maximum atomic E-state index is 13.1. The number of aromatic nitrogens is 1. The van der Waals surface area contributed by atoms with Crippen LogP contribution in [0.15, 0.2) is 77.3 Å². The fraction of sp³-hybridized carbons (Fsp3) is 0.0476. The van der Waals surface area contributed by atoms with Crippen LogP contribution in [-0.2, 0) is 7.05 Å². The highest BCUT2D eigenvalue weighted by atomic mass is 79.9. The van der Waals surface area contributed by atoms with Crippen molar-refractivity contribution in [1.82, 2.24) is 0 Å². The fourth-order valence-corrected chi connectivity index (χ4v) is 3.49. The number of benzene rings is 3. The number of hydrogen-bond donors (Lipinski definition) is 0. The van der Waals surface area contributed by atoms with Gasteiger partial charge in [-0.3, -0.25) is 0 Å². The first-order valence-corrected chi connectivity index (χ1v) is 8.72. The Hall–Kier alpha value is -2.72. The summed E-state index contributed by atoms with van der Waals surface area (Å²) >= 11 is 3.43. The lowest BCUT2D eigenvalue weighted by atomic mass is 10.0. The molecule has 3 aromatic carbocycles. The van der Waals surface area contributed by atoms with Crippen molar-refractivity contribution in [2.24, 2.45) is 7.05 Å². The van der Waals surface area contributed by atoms with Gasteiger partial charge in [0.05, 0.1) is 20.8 Å². The zero-order valence-electron chi connectivity index (χ0n) is 13.6. The summed E-state index contributed by atoms with van der Waals surface area (Å²) in [6, 6.07) is 23.1. The molecule has 4 rings (SSSR count). The highest BCUT2D eigenvalue weighted by Crippen LogP contribution is 2.29. The van der Waals surface area contributed by atoms with E-state index in [1.807, 2.05) is 73.8 Å². The Morgan fingerprint density at radius 3 is 1.96 bits per heavy atom. The topological polar surface area (TPSA) is 30.2 Å². The average molecular weight is 393 g/mol. The maximum absolute atomic E-state index is 13.1. The van der Waals surface area contributed by atoms with Crippen LogP contribution in [0.4, 0.5) is 0 Å². The van der Waals surface area contributed by atoms with Crippen molar-refractivity contribution in [2.75, 3.05) is 0 Å². The summed E-state index contributed by atoms with van der Waals surface area (Å²) in [4.78, 5) is 13.1. The molecule has 0 atom stereocenters. The van der Waals surface area contributed by atoms with Crippen molar-refractivity contribution < 1.29 is 14.1 Å². The van der Waals surface area contributed by atoms with Crippen molar-refractivity contribution in [3.05, 3.63) is 82.8 Å². The van der Waals surface area contributed by atoms with Gasteiger partial charge in [-0.25, -0.2) is 4.79 Å². The zero-order valence-corrected chi connectivity index (χ0v) is 15.2. The average Bonchev–Trinajstić information content (AvgIpc) is 2.64. The summed E-state index contributed by atoms with van der Waals surface area (Å²) in [5.74, 6) is 0.147. The number of esters is 1. The van der Waals surface area contributed by atoms with Crippen LogP contribution in [0.25, 0.3) is 21.8 Å². The van der Waals surface area contributed by atoms with E-state index < -0.39 is 0 Å². The normalized spacial score (nSPS) is 11.0. The van der Waals surface area contributed by atoms with Gasteiger partial charge in [0.2, 0.25) is 11.0 Å². The van der Waals surface area contributed by atoms with Gasteiger partial charge in [0.1, 0.15) is 12.8 Å². The first-order valence-electron chi connectivity index (χ1n) is 7.93.